The van der Waals surface area contributed by atoms with Gasteiger partial charge in [-0.15, -0.1) is 0 Å². The molecule has 1 unspecified atom stereocenters. The number of fused-ring (bicyclic) bond motifs is 3. The molecule has 3 fully saturated rings. The van der Waals surface area contributed by atoms with Crippen LogP contribution in [0.3, 0.4) is 0 Å². The Morgan fingerprint density at radius 1 is 1.21 bits per heavy atom. The van der Waals surface area contributed by atoms with Crippen molar-refractivity contribution in [2.24, 2.45) is 11.1 Å². The Bertz CT molecular complexity index is 708. The van der Waals surface area contributed by atoms with Gasteiger partial charge in [0.15, 0.2) is 0 Å². The van der Waals surface area contributed by atoms with Crippen LogP contribution in [0.25, 0.3) is 0 Å². The normalized spacial score (nSPS) is 27.5. The van der Waals surface area contributed by atoms with Crippen molar-refractivity contribution in [1.29, 1.82) is 0 Å². The molecule has 1 aromatic rings. The number of carbonyl (C=O) groups is 1. The summed E-state index contributed by atoms with van der Waals surface area (Å²) in [6.07, 6.45) is 6.42. The van der Waals surface area contributed by atoms with Crippen molar-refractivity contribution in [3.8, 4) is 5.75 Å². The van der Waals surface area contributed by atoms with E-state index >= 15 is 0 Å². The molecule has 1 amide bonds. The number of hydrogen-bond acceptors (Lipinski definition) is 4. The summed E-state index contributed by atoms with van der Waals surface area (Å²) in [6.45, 7) is 2.84. The molecular weight excluding hydrogens is 371 g/mol. The number of nitrogens with one attached hydrogen (secondary N) is 1. The van der Waals surface area contributed by atoms with E-state index in [1.165, 1.54) is 5.56 Å². The Balaban J connectivity index is 1.59. The molecule has 6 heteroatoms. The Morgan fingerprint density at radius 3 is 2.34 bits per heavy atom. The van der Waals surface area contributed by atoms with Crippen LogP contribution in [-0.4, -0.2) is 38.8 Å². The minimum atomic E-state index is -0.213. The summed E-state index contributed by atoms with van der Waals surface area (Å²) in [6, 6.07) is 8.14. The quantitative estimate of drug-likeness (QED) is 0.659. The van der Waals surface area contributed by atoms with Gasteiger partial charge < -0.3 is 20.5 Å². The SMILES string of the molecule is COC(C)CNC(=O)C12CCC(c3ccc(OC/C(=C/F)CN)cc3)(CC1)CC2. The largest absolute Gasteiger partial charge is 0.489 e. The van der Waals surface area contributed by atoms with Gasteiger partial charge in [-0.05, 0) is 68.6 Å². The van der Waals surface area contributed by atoms with Gasteiger partial charge in [0.25, 0.3) is 0 Å². The van der Waals surface area contributed by atoms with Crippen LogP contribution in [0, 0.1) is 5.41 Å². The van der Waals surface area contributed by atoms with Crippen LogP contribution in [0.1, 0.15) is 51.0 Å². The number of benzene rings is 1. The molecule has 5 nitrogen and oxygen atoms in total. The van der Waals surface area contributed by atoms with Crippen LogP contribution in [0.4, 0.5) is 4.39 Å². The highest BCUT2D eigenvalue weighted by Gasteiger charge is 2.52. The van der Waals surface area contributed by atoms with Gasteiger partial charge in [-0.3, -0.25) is 4.79 Å². The van der Waals surface area contributed by atoms with Crippen molar-refractivity contribution >= 4 is 5.91 Å². The van der Waals surface area contributed by atoms with Crippen molar-refractivity contribution in [3.63, 3.8) is 0 Å². The van der Waals surface area contributed by atoms with E-state index in [0.717, 1.165) is 38.5 Å². The van der Waals surface area contributed by atoms with E-state index < -0.39 is 0 Å². The van der Waals surface area contributed by atoms with E-state index in [1.54, 1.807) is 7.11 Å². The summed E-state index contributed by atoms with van der Waals surface area (Å²) in [5.74, 6) is 0.903. The Hall–Kier alpha value is -1.92. The first kappa shape index (κ1) is 21.8. The maximum atomic E-state index is 12.8. The Morgan fingerprint density at radius 2 is 1.83 bits per heavy atom. The lowest BCUT2D eigenvalue weighted by molar-refractivity contribution is -0.138. The van der Waals surface area contributed by atoms with Crippen molar-refractivity contribution < 1.29 is 18.7 Å². The van der Waals surface area contributed by atoms with Gasteiger partial charge >= 0.3 is 0 Å². The molecule has 2 bridgehead atoms. The van der Waals surface area contributed by atoms with Gasteiger partial charge in [-0.1, -0.05) is 12.1 Å². The van der Waals surface area contributed by atoms with Gasteiger partial charge in [-0.25, -0.2) is 4.39 Å². The van der Waals surface area contributed by atoms with Gasteiger partial charge in [0.1, 0.15) is 12.4 Å². The van der Waals surface area contributed by atoms with E-state index in [2.05, 4.69) is 17.4 Å². The number of carbonyl (C=O) groups excluding carboxylic acids is 1. The number of amides is 1. The first-order chi connectivity index (χ1) is 14.0. The number of hydrogen-bond donors (Lipinski definition) is 2. The summed E-state index contributed by atoms with van der Waals surface area (Å²) in [5, 5.41) is 3.09. The number of methoxy groups -OCH3 is 1. The zero-order valence-electron chi connectivity index (χ0n) is 17.5. The summed E-state index contributed by atoms with van der Waals surface area (Å²) in [4.78, 5) is 12.8. The first-order valence-corrected chi connectivity index (χ1v) is 10.5. The maximum Gasteiger partial charge on any atom is 0.226 e. The molecule has 1 aromatic carbocycles. The standard InChI is InChI=1S/C23H33FN2O3/c1-17(28-2)15-26-21(27)23-10-7-22(8-11-23,9-12-23)19-3-5-20(6-4-19)29-16-18(13-24)14-25/h3-6,13,17H,7-12,14-16,25H2,1-2H3,(H,26,27)/b18-13+. The van der Waals surface area contributed by atoms with Gasteiger partial charge in [0.2, 0.25) is 5.91 Å². The third-order valence-electron chi connectivity index (χ3n) is 6.99. The molecule has 3 aliphatic carbocycles. The molecule has 0 heterocycles. The van der Waals surface area contributed by atoms with Crippen molar-refractivity contribution in [2.75, 3.05) is 26.8 Å². The monoisotopic (exact) mass is 404 g/mol. The molecule has 0 aromatic heterocycles. The molecule has 4 rings (SSSR count). The van der Waals surface area contributed by atoms with Crippen molar-refractivity contribution in [2.45, 2.75) is 57.0 Å². The molecule has 0 spiro atoms. The molecule has 1 atom stereocenters. The minimum absolute atomic E-state index is 0.0312. The van der Waals surface area contributed by atoms with E-state index in [1.807, 2.05) is 19.1 Å². The lowest BCUT2D eigenvalue weighted by atomic mass is 9.51. The second-order valence-corrected chi connectivity index (χ2v) is 8.60. The average Bonchev–Trinajstić information content (AvgIpc) is 2.79. The molecule has 160 valence electrons. The van der Waals surface area contributed by atoms with Gasteiger partial charge in [0.05, 0.1) is 12.4 Å². The number of ether oxygens (including phenoxy) is 2. The molecule has 3 N–H and O–H groups in total. The summed E-state index contributed by atoms with van der Waals surface area (Å²) >= 11 is 0. The van der Waals surface area contributed by atoms with E-state index in [9.17, 15) is 9.18 Å². The third kappa shape index (κ3) is 4.64. The zero-order valence-corrected chi connectivity index (χ0v) is 17.5. The molecule has 29 heavy (non-hydrogen) atoms. The first-order valence-electron chi connectivity index (χ1n) is 10.5. The molecule has 3 saturated carbocycles. The van der Waals surface area contributed by atoms with Crippen molar-refractivity contribution in [3.05, 3.63) is 41.7 Å². The second-order valence-electron chi connectivity index (χ2n) is 8.60. The lowest BCUT2D eigenvalue weighted by Gasteiger charge is -2.52. The average molecular weight is 405 g/mol. The van der Waals surface area contributed by atoms with E-state index in [4.69, 9.17) is 15.2 Å². The zero-order chi connectivity index (χ0) is 20.9. The van der Waals surface area contributed by atoms with E-state index in [0.29, 0.717) is 24.2 Å². The maximum absolute atomic E-state index is 12.8. The van der Waals surface area contributed by atoms with Crippen LogP contribution in [0.15, 0.2) is 36.2 Å². The highest BCUT2D eigenvalue weighted by Crippen LogP contribution is 2.57. The molecule has 0 aliphatic heterocycles. The predicted octanol–water partition coefficient (Wildman–Crippen LogP) is 3.62. The molecule has 0 saturated heterocycles. The predicted molar refractivity (Wildman–Crippen MR) is 111 cm³/mol. The fraction of sp³-hybridized carbons (Fsp3) is 0.609. The lowest BCUT2D eigenvalue weighted by Crippen LogP contribution is -2.52. The van der Waals surface area contributed by atoms with E-state index in [-0.39, 0.29) is 36.0 Å². The van der Waals surface area contributed by atoms with Crippen LogP contribution in [-0.2, 0) is 14.9 Å². The number of halogens is 1. The van der Waals surface area contributed by atoms with Crippen LogP contribution >= 0.6 is 0 Å². The summed E-state index contributed by atoms with van der Waals surface area (Å²) in [7, 11) is 1.66. The third-order valence-corrected chi connectivity index (χ3v) is 6.99. The summed E-state index contributed by atoms with van der Waals surface area (Å²) in [5.41, 5.74) is 7.14. The second kappa shape index (κ2) is 9.26. The summed E-state index contributed by atoms with van der Waals surface area (Å²) < 4.78 is 23.5. The number of rotatable bonds is 9. The Labute approximate surface area is 172 Å². The van der Waals surface area contributed by atoms with Gasteiger partial charge in [-0.2, -0.15) is 0 Å². The van der Waals surface area contributed by atoms with Crippen molar-refractivity contribution in [1.82, 2.24) is 5.32 Å². The molecule has 0 radical (unpaired) electrons. The number of nitrogens with two attached hydrogens (primary N) is 1. The Kier molecular flexibility index (Phi) is 6.96. The van der Waals surface area contributed by atoms with Crippen LogP contribution in [0.5, 0.6) is 5.75 Å². The fourth-order valence-electron chi connectivity index (χ4n) is 4.68. The highest BCUT2D eigenvalue weighted by molar-refractivity contribution is 5.83. The topological polar surface area (TPSA) is 73.6 Å². The van der Waals surface area contributed by atoms with Crippen LogP contribution < -0.4 is 15.8 Å². The highest BCUT2D eigenvalue weighted by atomic mass is 19.1. The van der Waals surface area contributed by atoms with Gasteiger partial charge in [0, 0.05) is 31.2 Å². The molecule has 3 aliphatic rings. The van der Waals surface area contributed by atoms with Crippen LogP contribution in [0.2, 0.25) is 0 Å². The minimum Gasteiger partial charge on any atom is -0.489 e. The fourth-order valence-corrected chi connectivity index (χ4v) is 4.68. The molecular formula is C23H33FN2O3. The smallest absolute Gasteiger partial charge is 0.226 e.